The molecule has 0 spiro atoms. The number of tetrazole rings is 1. The number of carboxylic acids is 1. The molecule has 0 aliphatic heterocycles. The number of ether oxygens (including phenoxy) is 1. The van der Waals surface area contributed by atoms with Gasteiger partial charge in [0.15, 0.2) is 11.6 Å². The maximum absolute atomic E-state index is 13.1. The number of amides is 2. The van der Waals surface area contributed by atoms with Gasteiger partial charge >= 0.3 is 12.1 Å². The standard InChI is InChI=1S/C26H26Cl2N6O7S/c1-15(30-22(37)12-29-26(40)41-14-16-6-3-2-4-7-16)20(35)10-17(11-23(38)39)21(36)13-34-25(31-32-33-34)42-24-18(27)8-5-9-19(24)28/h2-9,15,17H,10-14H2,1H3,(H,29,40)(H,30,37)(H,38,39). The first-order valence-corrected chi connectivity index (χ1v) is 14.0. The summed E-state index contributed by atoms with van der Waals surface area (Å²) in [6.07, 6.45) is -1.90. The number of aliphatic carboxylic acids is 1. The first-order valence-electron chi connectivity index (χ1n) is 12.4. The highest BCUT2D eigenvalue weighted by atomic mass is 35.5. The number of hydrogen-bond acceptors (Lipinski definition) is 10. The molecule has 0 fully saturated rings. The smallest absolute Gasteiger partial charge is 0.407 e. The van der Waals surface area contributed by atoms with Crippen LogP contribution in [0, 0.1) is 5.92 Å². The molecule has 2 atom stereocenters. The van der Waals surface area contributed by atoms with Crippen molar-refractivity contribution in [1.82, 2.24) is 30.8 Å². The third kappa shape index (κ3) is 10.1. The van der Waals surface area contributed by atoms with E-state index in [1.165, 1.54) is 6.92 Å². The molecule has 0 aliphatic carbocycles. The van der Waals surface area contributed by atoms with E-state index in [2.05, 4.69) is 26.2 Å². The molecule has 222 valence electrons. The largest absolute Gasteiger partial charge is 0.481 e. The number of benzene rings is 2. The van der Waals surface area contributed by atoms with Crippen LogP contribution in [-0.2, 0) is 37.1 Å². The molecule has 1 heterocycles. The van der Waals surface area contributed by atoms with Gasteiger partial charge in [-0.25, -0.2) is 9.48 Å². The van der Waals surface area contributed by atoms with Gasteiger partial charge in [0.1, 0.15) is 19.7 Å². The van der Waals surface area contributed by atoms with E-state index in [0.717, 1.165) is 22.0 Å². The number of ketones is 2. The summed E-state index contributed by atoms with van der Waals surface area (Å²) in [6, 6.07) is 12.8. The number of Topliss-reactive ketones (excluding diaryl/α,β-unsaturated/α-hetero) is 2. The molecule has 0 bridgehead atoms. The Balaban J connectivity index is 1.53. The Morgan fingerprint density at radius 2 is 1.69 bits per heavy atom. The van der Waals surface area contributed by atoms with Crippen molar-refractivity contribution in [1.29, 1.82) is 0 Å². The van der Waals surface area contributed by atoms with E-state index < -0.39 is 67.4 Å². The van der Waals surface area contributed by atoms with Gasteiger partial charge in [-0.05, 0) is 46.8 Å². The molecular formula is C26H26Cl2N6O7S. The summed E-state index contributed by atoms with van der Waals surface area (Å²) < 4.78 is 6.17. The molecule has 3 rings (SSSR count). The fourth-order valence-electron chi connectivity index (χ4n) is 3.55. The van der Waals surface area contributed by atoms with Gasteiger partial charge < -0.3 is 20.5 Å². The molecule has 0 aliphatic rings. The maximum atomic E-state index is 13.1. The lowest BCUT2D eigenvalue weighted by atomic mass is 9.92. The van der Waals surface area contributed by atoms with Gasteiger partial charge in [-0.3, -0.25) is 19.2 Å². The van der Waals surface area contributed by atoms with Crippen molar-refractivity contribution < 1.29 is 33.8 Å². The molecule has 2 aromatic carbocycles. The molecule has 1 aromatic heterocycles. The van der Waals surface area contributed by atoms with E-state index in [0.29, 0.717) is 14.9 Å². The second-order valence-corrected chi connectivity index (χ2v) is 10.7. The summed E-state index contributed by atoms with van der Waals surface area (Å²) in [5, 5.41) is 26.1. The summed E-state index contributed by atoms with van der Waals surface area (Å²) >= 11 is 13.4. The predicted octanol–water partition coefficient (Wildman–Crippen LogP) is 3.18. The molecule has 3 aromatic rings. The SMILES string of the molecule is CC(NC(=O)CNC(=O)OCc1ccccc1)C(=O)CC(CC(=O)O)C(=O)Cn1nnnc1Sc1c(Cl)cccc1Cl. The lowest BCUT2D eigenvalue weighted by Crippen LogP contribution is -2.44. The normalized spacial score (nSPS) is 12.2. The fraction of sp³-hybridized carbons (Fsp3) is 0.308. The van der Waals surface area contributed by atoms with Crippen LogP contribution in [0.3, 0.4) is 0 Å². The van der Waals surface area contributed by atoms with Crippen LogP contribution in [0.25, 0.3) is 0 Å². The molecule has 3 N–H and O–H groups in total. The maximum Gasteiger partial charge on any atom is 0.407 e. The molecular weight excluding hydrogens is 611 g/mol. The first kappa shape index (κ1) is 32.5. The van der Waals surface area contributed by atoms with Crippen LogP contribution >= 0.6 is 35.0 Å². The topological polar surface area (TPSA) is 182 Å². The lowest BCUT2D eigenvalue weighted by Gasteiger charge is -2.18. The molecule has 13 nitrogen and oxygen atoms in total. The molecule has 0 saturated carbocycles. The second kappa shape index (κ2) is 15.8. The van der Waals surface area contributed by atoms with Crippen molar-refractivity contribution >= 4 is 64.5 Å². The van der Waals surface area contributed by atoms with Gasteiger partial charge in [-0.1, -0.05) is 59.6 Å². The molecule has 2 unspecified atom stereocenters. The Kier molecular flexibility index (Phi) is 12.3. The van der Waals surface area contributed by atoms with E-state index in [9.17, 15) is 29.1 Å². The van der Waals surface area contributed by atoms with Gasteiger partial charge in [0, 0.05) is 12.3 Å². The average molecular weight is 638 g/mol. The van der Waals surface area contributed by atoms with E-state index in [4.69, 9.17) is 27.9 Å². The van der Waals surface area contributed by atoms with Crippen molar-refractivity contribution in [3.8, 4) is 0 Å². The van der Waals surface area contributed by atoms with E-state index in [-0.39, 0.29) is 11.8 Å². The van der Waals surface area contributed by atoms with Gasteiger partial charge in [0.2, 0.25) is 11.1 Å². The van der Waals surface area contributed by atoms with Crippen molar-refractivity contribution in [2.24, 2.45) is 5.92 Å². The second-order valence-electron chi connectivity index (χ2n) is 8.91. The number of halogens is 2. The number of carbonyl (C=O) groups is 5. The van der Waals surface area contributed by atoms with E-state index >= 15 is 0 Å². The van der Waals surface area contributed by atoms with Gasteiger partial charge in [-0.2, -0.15) is 0 Å². The Labute approximate surface area is 254 Å². The summed E-state index contributed by atoms with van der Waals surface area (Å²) in [6.45, 7) is 0.525. The summed E-state index contributed by atoms with van der Waals surface area (Å²) in [4.78, 5) is 61.9. The summed E-state index contributed by atoms with van der Waals surface area (Å²) in [5.41, 5.74) is 0.766. The Hall–Kier alpha value is -4.01. The minimum absolute atomic E-state index is 0.0146. The van der Waals surface area contributed by atoms with Crippen LogP contribution in [-0.4, -0.2) is 67.4 Å². The number of nitrogens with zero attached hydrogens (tertiary/aromatic N) is 4. The highest BCUT2D eigenvalue weighted by Gasteiger charge is 2.29. The minimum Gasteiger partial charge on any atom is -0.481 e. The number of hydrogen-bond donors (Lipinski definition) is 3. The van der Waals surface area contributed by atoms with E-state index in [1.54, 1.807) is 42.5 Å². The number of alkyl carbamates (subject to hydrolysis) is 1. The highest BCUT2D eigenvalue weighted by molar-refractivity contribution is 7.99. The van der Waals surface area contributed by atoms with Crippen molar-refractivity contribution in [2.75, 3.05) is 6.54 Å². The Bertz CT molecular complexity index is 1420. The molecule has 0 radical (unpaired) electrons. The Morgan fingerprint density at radius 3 is 2.36 bits per heavy atom. The Morgan fingerprint density at radius 1 is 1.00 bits per heavy atom. The van der Waals surface area contributed by atoms with Crippen LogP contribution in [0.15, 0.2) is 58.6 Å². The van der Waals surface area contributed by atoms with Crippen molar-refractivity contribution in [3.63, 3.8) is 0 Å². The zero-order chi connectivity index (χ0) is 30.6. The zero-order valence-electron chi connectivity index (χ0n) is 22.2. The van der Waals surface area contributed by atoms with Crippen LogP contribution in [0.4, 0.5) is 4.79 Å². The van der Waals surface area contributed by atoms with Crippen LogP contribution < -0.4 is 10.6 Å². The van der Waals surface area contributed by atoms with Crippen LogP contribution in [0.5, 0.6) is 0 Å². The fourth-order valence-corrected chi connectivity index (χ4v) is 4.97. The van der Waals surface area contributed by atoms with Crippen LogP contribution in [0.1, 0.15) is 25.3 Å². The molecule has 0 saturated heterocycles. The summed E-state index contributed by atoms with van der Waals surface area (Å²) in [5.74, 6) is -4.37. The first-order chi connectivity index (χ1) is 20.0. The number of rotatable bonds is 15. The minimum atomic E-state index is -1.29. The average Bonchev–Trinajstić information content (AvgIpc) is 3.38. The predicted molar refractivity (Wildman–Crippen MR) is 151 cm³/mol. The van der Waals surface area contributed by atoms with Crippen LogP contribution in [0.2, 0.25) is 10.0 Å². The number of nitrogens with one attached hydrogen (secondary N) is 2. The number of carboxylic acid groups (broad SMARTS) is 1. The number of carbonyl (C=O) groups excluding carboxylic acids is 4. The molecule has 16 heteroatoms. The van der Waals surface area contributed by atoms with Gasteiger partial charge in [0.05, 0.1) is 27.4 Å². The third-order valence-electron chi connectivity index (χ3n) is 5.71. The van der Waals surface area contributed by atoms with Gasteiger partial charge in [-0.15, -0.1) is 5.10 Å². The van der Waals surface area contributed by atoms with Crippen molar-refractivity contribution in [3.05, 3.63) is 64.1 Å². The van der Waals surface area contributed by atoms with Gasteiger partial charge in [0.25, 0.3) is 0 Å². The molecule has 42 heavy (non-hydrogen) atoms. The van der Waals surface area contributed by atoms with E-state index in [1.807, 2.05) is 6.07 Å². The van der Waals surface area contributed by atoms with Crippen molar-refractivity contribution in [2.45, 2.75) is 49.0 Å². The highest BCUT2D eigenvalue weighted by Crippen LogP contribution is 2.37. The molecule has 2 amide bonds. The summed E-state index contributed by atoms with van der Waals surface area (Å²) in [7, 11) is 0. The quantitative estimate of drug-likeness (QED) is 0.223. The number of aromatic nitrogens is 4. The monoisotopic (exact) mass is 636 g/mol. The lowest BCUT2D eigenvalue weighted by molar-refractivity contribution is -0.141. The zero-order valence-corrected chi connectivity index (χ0v) is 24.5. The third-order valence-corrected chi connectivity index (χ3v) is 7.68.